The zero-order valence-electron chi connectivity index (χ0n) is 52.2. The van der Waals surface area contributed by atoms with Crippen molar-refractivity contribution in [3.05, 3.63) is 119 Å². The Balaban J connectivity index is 1.16. The molecule has 4 aromatic rings. The SMILES string of the molecule is Cc1ccc(S(=O)(=O)N2CCCCCCCCCCCCCCN(S(=O)(=O)c3ccc(C)cc3)CCCCCCN(S(=O)(=O)c3ccc(C)cc3)CCCCCCCCCCCCCCN(S(=O)(=O)c3ccc(C)cc3)CCCCCC2)cc1. The maximum atomic E-state index is 14.0. The summed E-state index contributed by atoms with van der Waals surface area (Å²) in [5.41, 5.74) is 4.07. The van der Waals surface area contributed by atoms with Crippen molar-refractivity contribution in [1.29, 1.82) is 0 Å². The first-order chi connectivity index (χ1) is 40.4. The van der Waals surface area contributed by atoms with Gasteiger partial charge in [0, 0.05) is 52.4 Å². The lowest BCUT2D eigenvalue weighted by atomic mass is 10.0. The van der Waals surface area contributed by atoms with Gasteiger partial charge in [-0.1, -0.05) is 225 Å². The van der Waals surface area contributed by atoms with Crippen LogP contribution in [0.15, 0.2) is 117 Å². The molecule has 1 saturated heterocycles. The molecule has 0 amide bonds. The largest absolute Gasteiger partial charge is 0.243 e. The van der Waals surface area contributed by atoms with E-state index in [9.17, 15) is 33.7 Å². The molecule has 1 heterocycles. The van der Waals surface area contributed by atoms with Gasteiger partial charge in [-0.25, -0.2) is 33.7 Å². The molecule has 0 spiro atoms. The van der Waals surface area contributed by atoms with Crippen molar-refractivity contribution < 1.29 is 33.7 Å². The van der Waals surface area contributed by atoms with Crippen molar-refractivity contribution in [3.8, 4) is 0 Å². The molecule has 1 aliphatic heterocycles. The topological polar surface area (TPSA) is 150 Å². The van der Waals surface area contributed by atoms with E-state index in [0.717, 1.165) is 176 Å². The third kappa shape index (κ3) is 25.3. The molecule has 5 rings (SSSR count). The van der Waals surface area contributed by atoms with Gasteiger partial charge in [0.25, 0.3) is 0 Å². The van der Waals surface area contributed by atoms with Gasteiger partial charge in [-0.2, -0.15) is 17.2 Å². The molecule has 4 aromatic carbocycles. The first-order valence-corrected chi connectivity index (χ1v) is 38.5. The van der Waals surface area contributed by atoms with Crippen LogP contribution in [-0.4, -0.2) is 103 Å². The fourth-order valence-corrected chi connectivity index (χ4v) is 17.5. The van der Waals surface area contributed by atoms with Crippen LogP contribution in [0.5, 0.6) is 0 Å². The van der Waals surface area contributed by atoms with Gasteiger partial charge in [0.1, 0.15) is 0 Å². The summed E-state index contributed by atoms with van der Waals surface area (Å²) in [6.07, 6.45) is 31.4. The normalized spacial score (nSPS) is 19.9. The van der Waals surface area contributed by atoms with Crippen molar-refractivity contribution in [2.24, 2.45) is 0 Å². The molecular formula is C68H108N4O8S4. The number of hydrogen-bond donors (Lipinski definition) is 0. The van der Waals surface area contributed by atoms with Crippen LogP contribution in [0.25, 0.3) is 0 Å². The minimum Gasteiger partial charge on any atom is -0.207 e. The molecule has 0 saturated carbocycles. The van der Waals surface area contributed by atoms with Gasteiger partial charge in [-0.05, 0) is 128 Å². The first kappa shape index (κ1) is 71.3. The Morgan fingerprint density at radius 3 is 0.417 bits per heavy atom. The van der Waals surface area contributed by atoms with Crippen molar-refractivity contribution in [3.63, 3.8) is 0 Å². The Morgan fingerprint density at radius 2 is 0.298 bits per heavy atom. The number of nitrogens with zero attached hydrogens (tertiary/aromatic N) is 4. The Labute approximate surface area is 512 Å². The highest BCUT2D eigenvalue weighted by Gasteiger charge is 2.28. The van der Waals surface area contributed by atoms with Crippen molar-refractivity contribution in [2.75, 3.05) is 52.4 Å². The Hall–Kier alpha value is -3.48. The minimum atomic E-state index is -3.66. The quantitative estimate of drug-likeness (QED) is 0.169. The van der Waals surface area contributed by atoms with Crippen LogP contribution in [0.4, 0.5) is 0 Å². The molecule has 1 aliphatic rings. The fraction of sp³-hybridized carbons (Fsp3) is 0.647. The molecule has 1 fully saturated rings. The van der Waals surface area contributed by atoms with Crippen LogP contribution >= 0.6 is 0 Å². The highest BCUT2D eigenvalue weighted by Crippen LogP contribution is 2.25. The first-order valence-electron chi connectivity index (χ1n) is 32.7. The van der Waals surface area contributed by atoms with Gasteiger partial charge in [-0.3, -0.25) is 0 Å². The highest BCUT2D eigenvalue weighted by molar-refractivity contribution is 7.90. The van der Waals surface area contributed by atoms with Gasteiger partial charge in [0.2, 0.25) is 40.1 Å². The summed E-state index contributed by atoms with van der Waals surface area (Å²) >= 11 is 0. The van der Waals surface area contributed by atoms with E-state index < -0.39 is 40.1 Å². The molecule has 0 bridgehead atoms. The highest BCUT2D eigenvalue weighted by atomic mass is 32.2. The molecule has 16 heteroatoms. The molecule has 472 valence electrons. The van der Waals surface area contributed by atoms with Gasteiger partial charge >= 0.3 is 0 Å². The summed E-state index contributed by atoms with van der Waals surface area (Å²) in [6.45, 7) is 11.6. The van der Waals surface area contributed by atoms with Crippen LogP contribution in [-0.2, 0) is 40.1 Å². The summed E-state index contributed by atoms with van der Waals surface area (Å²) in [6, 6.07) is 28.6. The van der Waals surface area contributed by atoms with E-state index in [0.29, 0.717) is 97.6 Å². The second-order valence-electron chi connectivity index (χ2n) is 24.2. The number of hydrogen-bond acceptors (Lipinski definition) is 8. The standard InChI is InChI=1S/C68H108N4O8S4/c1-61-37-45-65(46-38-61)81(73,74)69-53-29-21-17-13-9-5-6-10-14-18-23-31-55-71(83(77,78)67-49-41-63(3)42-50-67)59-35-27-28-36-60-72(84(79,80)68-51-43-64(4)44-52-68)56-32-24-20-16-12-8-7-11-15-19-22-30-54-70(58-34-26-25-33-57-69)82(75,76)66-47-39-62(2)40-48-66/h37-52H,5-36,53-60H2,1-4H3. The molecule has 12 nitrogen and oxygen atoms in total. The van der Waals surface area contributed by atoms with E-state index in [-0.39, 0.29) is 0 Å². The van der Waals surface area contributed by atoms with Crippen molar-refractivity contribution >= 4 is 40.1 Å². The average molecular weight is 1240 g/mol. The summed E-state index contributed by atoms with van der Waals surface area (Å²) in [5, 5.41) is 0. The summed E-state index contributed by atoms with van der Waals surface area (Å²) in [7, 11) is -14.6. The number of rotatable bonds is 8. The van der Waals surface area contributed by atoms with Crippen LogP contribution < -0.4 is 0 Å². The average Bonchev–Trinajstić information content (AvgIpc) is 3.65. The molecule has 0 N–H and O–H groups in total. The molecular weight excluding hydrogens is 1130 g/mol. The molecule has 0 aliphatic carbocycles. The summed E-state index contributed by atoms with van der Waals surface area (Å²) in [4.78, 5) is 1.33. The molecule has 0 unspecified atom stereocenters. The summed E-state index contributed by atoms with van der Waals surface area (Å²) in [5.74, 6) is 0. The van der Waals surface area contributed by atoms with E-state index in [2.05, 4.69) is 0 Å². The van der Waals surface area contributed by atoms with E-state index in [1.54, 1.807) is 65.8 Å². The predicted octanol–water partition coefficient (Wildman–Crippen LogP) is 16.5. The van der Waals surface area contributed by atoms with E-state index in [4.69, 9.17) is 0 Å². The maximum Gasteiger partial charge on any atom is 0.243 e. The summed E-state index contributed by atoms with van der Waals surface area (Å²) < 4.78 is 119. The lowest BCUT2D eigenvalue weighted by molar-refractivity contribution is 0.368. The lowest BCUT2D eigenvalue weighted by Gasteiger charge is -2.23. The van der Waals surface area contributed by atoms with E-state index >= 15 is 0 Å². The Bertz CT molecular complexity index is 2490. The molecule has 84 heavy (non-hydrogen) atoms. The van der Waals surface area contributed by atoms with Crippen LogP contribution in [0.3, 0.4) is 0 Å². The Kier molecular flexibility index (Phi) is 32.9. The third-order valence-corrected chi connectivity index (χ3v) is 24.5. The zero-order chi connectivity index (χ0) is 60.5. The molecule has 0 radical (unpaired) electrons. The third-order valence-electron chi connectivity index (χ3n) is 16.9. The van der Waals surface area contributed by atoms with E-state index in [1.807, 2.05) is 76.2 Å². The van der Waals surface area contributed by atoms with E-state index in [1.165, 1.54) is 25.7 Å². The van der Waals surface area contributed by atoms with Crippen LogP contribution in [0.1, 0.15) is 228 Å². The van der Waals surface area contributed by atoms with Gasteiger partial charge in [-0.15, -0.1) is 0 Å². The lowest BCUT2D eigenvalue weighted by Crippen LogP contribution is -2.33. The van der Waals surface area contributed by atoms with Crippen LogP contribution in [0.2, 0.25) is 0 Å². The van der Waals surface area contributed by atoms with Gasteiger partial charge < -0.3 is 0 Å². The molecule has 0 atom stereocenters. The number of benzene rings is 4. The molecule has 0 aromatic heterocycles. The number of aryl methyl sites for hydroxylation is 4. The smallest absolute Gasteiger partial charge is 0.207 e. The van der Waals surface area contributed by atoms with Gasteiger partial charge in [0.15, 0.2) is 0 Å². The van der Waals surface area contributed by atoms with Crippen molar-refractivity contribution in [1.82, 2.24) is 17.2 Å². The van der Waals surface area contributed by atoms with Crippen molar-refractivity contribution in [2.45, 2.75) is 253 Å². The Morgan fingerprint density at radius 1 is 0.190 bits per heavy atom. The monoisotopic (exact) mass is 1240 g/mol. The second-order valence-corrected chi connectivity index (χ2v) is 31.9. The maximum absolute atomic E-state index is 14.0. The van der Waals surface area contributed by atoms with Gasteiger partial charge in [0.05, 0.1) is 19.6 Å². The predicted molar refractivity (Wildman–Crippen MR) is 347 cm³/mol. The number of sulfonamides is 4. The fourth-order valence-electron chi connectivity index (χ4n) is 11.4. The van der Waals surface area contributed by atoms with Crippen LogP contribution in [0, 0.1) is 27.7 Å². The minimum absolute atomic E-state index is 0.332. The second kappa shape index (κ2) is 38.7. The zero-order valence-corrected chi connectivity index (χ0v) is 55.5.